The predicted octanol–water partition coefficient (Wildman–Crippen LogP) is 0.940. The van der Waals surface area contributed by atoms with E-state index in [1.807, 2.05) is 0 Å². The molecule has 0 amide bonds. The molecular weight excluding hydrogens is 630 g/mol. The molecule has 0 aliphatic rings. The van der Waals surface area contributed by atoms with Crippen molar-refractivity contribution < 1.29 is 56.8 Å². The molecule has 44 heavy (non-hydrogen) atoms. The summed E-state index contributed by atoms with van der Waals surface area (Å²) in [4.78, 5) is 76.8. The van der Waals surface area contributed by atoms with Crippen LogP contribution >= 0.6 is 15.6 Å². The first-order valence-corrected chi connectivity index (χ1v) is 15.8. The number of fused-ring (bicyclic) bond motifs is 1. The van der Waals surface area contributed by atoms with E-state index in [1.165, 1.54) is 15.6 Å². The van der Waals surface area contributed by atoms with Crippen LogP contribution in [0.4, 0.5) is 0 Å². The van der Waals surface area contributed by atoms with E-state index in [-0.39, 0.29) is 58.2 Å². The maximum absolute atomic E-state index is 12.2. The molecule has 4 heterocycles. The van der Waals surface area contributed by atoms with E-state index >= 15 is 0 Å². The number of esters is 2. The fourth-order valence-electron chi connectivity index (χ4n) is 3.79. The highest BCUT2D eigenvalue weighted by Gasteiger charge is 2.24. The molecule has 4 aromatic rings. The van der Waals surface area contributed by atoms with Crippen LogP contribution in [0.15, 0.2) is 31.0 Å². The molecule has 238 valence electrons. The van der Waals surface area contributed by atoms with Crippen molar-refractivity contribution in [3.8, 4) is 22.9 Å². The molecule has 0 aliphatic carbocycles. The topological polar surface area (TPSA) is 265 Å². The highest BCUT2D eigenvalue weighted by molar-refractivity contribution is 7.46. The van der Waals surface area contributed by atoms with Gasteiger partial charge in [-0.25, -0.2) is 33.7 Å². The van der Waals surface area contributed by atoms with Crippen molar-refractivity contribution >= 4 is 33.4 Å². The van der Waals surface area contributed by atoms with Crippen LogP contribution in [-0.2, 0) is 50.7 Å². The van der Waals surface area contributed by atoms with Crippen molar-refractivity contribution in [3.63, 3.8) is 0 Å². The van der Waals surface area contributed by atoms with Gasteiger partial charge in [-0.15, -0.1) is 0 Å². The minimum Gasteiger partial charge on any atom is -0.444 e. The number of carbonyl (C=O) groups excluding carboxylic acids is 2. The lowest BCUT2D eigenvalue weighted by atomic mass is 10.2. The minimum absolute atomic E-state index is 0.0262. The Morgan fingerprint density at radius 1 is 0.909 bits per heavy atom. The number of imidazole rings is 2. The Morgan fingerprint density at radius 3 is 2.18 bits per heavy atom. The highest BCUT2D eigenvalue weighted by atomic mass is 31.2. The molecule has 0 saturated carbocycles. The summed E-state index contributed by atoms with van der Waals surface area (Å²) in [5.41, 5.74) is 1.17. The maximum atomic E-state index is 12.2. The summed E-state index contributed by atoms with van der Waals surface area (Å²) >= 11 is 0. The molecule has 4 rings (SSSR count). The van der Waals surface area contributed by atoms with Gasteiger partial charge in [0, 0.05) is 31.4 Å². The van der Waals surface area contributed by atoms with Crippen LogP contribution in [0, 0.1) is 6.92 Å². The molecule has 20 nitrogen and oxygen atoms in total. The molecule has 0 unspecified atom stereocenters. The molecule has 0 aliphatic heterocycles. The van der Waals surface area contributed by atoms with Crippen molar-refractivity contribution in [1.82, 2.24) is 38.7 Å². The van der Waals surface area contributed by atoms with Crippen LogP contribution < -0.4 is 0 Å². The van der Waals surface area contributed by atoms with Crippen molar-refractivity contribution in [2.24, 2.45) is 0 Å². The van der Waals surface area contributed by atoms with Crippen LogP contribution in [0.3, 0.4) is 0 Å². The Hall–Kier alpha value is -3.87. The average Bonchev–Trinajstić information content (AvgIpc) is 3.66. The van der Waals surface area contributed by atoms with Gasteiger partial charge in [0.05, 0.1) is 19.5 Å². The van der Waals surface area contributed by atoms with Crippen molar-refractivity contribution in [2.75, 3.05) is 13.2 Å². The summed E-state index contributed by atoms with van der Waals surface area (Å²) < 4.78 is 45.0. The first-order chi connectivity index (χ1) is 20.8. The van der Waals surface area contributed by atoms with E-state index in [1.54, 1.807) is 36.0 Å². The average molecular weight is 658 g/mol. The number of phosphoric ester groups is 2. The molecule has 0 atom stereocenters. The van der Waals surface area contributed by atoms with Gasteiger partial charge in [-0.05, 0) is 25.8 Å². The second-order valence-electron chi connectivity index (χ2n) is 9.00. The SMILES string of the molecule is Cc1nc(-c2nc3ncccn3c2-c2cn(COC(=O)CCCOP(=O)(O)O)cn2)n(COC(=O)CCCOP(=O)(O)O)n1. The summed E-state index contributed by atoms with van der Waals surface area (Å²) in [6.07, 6.45) is 6.08. The van der Waals surface area contributed by atoms with Gasteiger partial charge in [-0.3, -0.25) is 23.0 Å². The third-order valence-corrected chi connectivity index (χ3v) is 6.60. The Balaban J connectivity index is 1.47. The van der Waals surface area contributed by atoms with Gasteiger partial charge in [0.1, 0.15) is 22.9 Å². The number of hydrogen-bond acceptors (Lipinski definition) is 13. The number of carbonyl (C=O) groups is 2. The zero-order chi connectivity index (χ0) is 31.9. The number of aromatic nitrogens is 8. The molecule has 4 N–H and O–H groups in total. The zero-order valence-electron chi connectivity index (χ0n) is 23.1. The van der Waals surface area contributed by atoms with Crippen molar-refractivity contribution in [2.45, 2.75) is 46.1 Å². The lowest BCUT2D eigenvalue weighted by Crippen LogP contribution is -2.12. The van der Waals surface area contributed by atoms with Crippen LogP contribution in [0.2, 0.25) is 0 Å². The Bertz CT molecular complexity index is 1710. The molecule has 0 saturated heterocycles. The third-order valence-electron chi connectivity index (χ3n) is 5.56. The third kappa shape index (κ3) is 9.57. The van der Waals surface area contributed by atoms with Gasteiger partial charge in [0.25, 0.3) is 0 Å². The highest BCUT2D eigenvalue weighted by Crippen LogP contribution is 2.36. The van der Waals surface area contributed by atoms with Gasteiger partial charge >= 0.3 is 27.6 Å². The molecule has 0 spiro atoms. The molecule has 0 fully saturated rings. The van der Waals surface area contributed by atoms with Crippen LogP contribution in [0.5, 0.6) is 0 Å². The summed E-state index contributed by atoms with van der Waals surface area (Å²) in [5.74, 6) is -0.366. The molecule has 4 aromatic heterocycles. The Kier molecular flexibility index (Phi) is 10.7. The Morgan fingerprint density at radius 2 is 1.55 bits per heavy atom. The normalized spacial score (nSPS) is 12.1. The van der Waals surface area contributed by atoms with Gasteiger partial charge in [-0.1, -0.05) is 0 Å². The first-order valence-electron chi connectivity index (χ1n) is 12.8. The van der Waals surface area contributed by atoms with E-state index < -0.39 is 27.6 Å². The lowest BCUT2D eigenvalue weighted by Gasteiger charge is -2.08. The van der Waals surface area contributed by atoms with E-state index in [9.17, 15) is 18.7 Å². The Labute approximate surface area is 248 Å². The molecule has 22 heteroatoms. The standard InChI is InChI=1S/C22H28N8O12P2/c1-15-25-21(30(27-15)14-40-18(32)6-3-10-42-44(36,37)38)19-20(29-8-4-7-23-22(29)26-19)16-11-28(12-24-16)13-39-17(31)5-2-9-41-43(33,34)35/h4,7-8,11-12H,2-3,5-6,9-10,13-14H2,1H3,(H2,33,34,35)(H2,36,37,38). The molecule has 0 radical (unpaired) electrons. The van der Waals surface area contributed by atoms with Crippen molar-refractivity contribution in [3.05, 3.63) is 36.8 Å². The van der Waals surface area contributed by atoms with E-state index in [0.29, 0.717) is 28.7 Å². The van der Waals surface area contributed by atoms with Gasteiger partial charge < -0.3 is 33.6 Å². The van der Waals surface area contributed by atoms with Crippen LogP contribution in [0.1, 0.15) is 31.5 Å². The second kappa shape index (κ2) is 14.3. The fourth-order valence-corrected chi connectivity index (χ4v) is 4.52. The summed E-state index contributed by atoms with van der Waals surface area (Å²) in [6.45, 7) is 0.469. The molecule has 0 aromatic carbocycles. The quantitative estimate of drug-likeness (QED) is 0.0741. The lowest BCUT2D eigenvalue weighted by molar-refractivity contribution is -0.148. The number of ether oxygens (including phenoxy) is 2. The zero-order valence-corrected chi connectivity index (χ0v) is 24.9. The molecular formula is C22H28N8O12P2. The summed E-state index contributed by atoms with van der Waals surface area (Å²) in [6, 6.07) is 1.69. The van der Waals surface area contributed by atoms with Gasteiger partial charge in [0.15, 0.2) is 19.3 Å². The fraction of sp³-hybridized carbons (Fsp3) is 0.409. The number of nitrogens with zero attached hydrogens (tertiary/aromatic N) is 8. The number of hydrogen-bond donors (Lipinski definition) is 4. The summed E-state index contributed by atoms with van der Waals surface area (Å²) in [5, 5.41) is 4.29. The monoisotopic (exact) mass is 658 g/mol. The van der Waals surface area contributed by atoms with Gasteiger partial charge in [0.2, 0.25) is 5.78 Å². The van der Waals surface area contributed by atoms with Crippen molar-refractivity contribution in [1.29, 1.82) is 0 Å². The largest absolute Gasteiger partial charge is 0.469 e. The van der Waals surface area contributed by atoms with Crippen LogP contribution in [0.25, 0.3) is 28.7 Å². The molecule has 0 bridgehead atoms. The maximum Gasteiger partial charge on any atom is 0.469 e. The van der Waals surface area contributed by atoms with E-state index in [0.717, 1.165) is 0 Å². The second-order valence-corrected chi connectivity index (χ2v) is 11.5. The summed E-state index contributed by atoms with van der Waals surface area (Å²) in [7, 11) is -9.24. The number of rotatable bonds is 16. The smallest absolute Gasteiger partial charge is 0.444 e. The van der Waals surface area contributed by atoms with E-state index in [4.69, 9.17) is 29.0 Å². The minimum atomic E-state index is -4.63. The number of phosphoric acid groups is 2. The van der Waals surface area contributed by atoms with Gasteiger partial charge in [-0.2, -0.15) is 5.10 Å². The van der Waals surface area contributed by atoms with Crippen LogP contribution in [-0.4, -0.2) is 83.4 Å². The first kappa shape index (κ1) is 33.0. The number of aryl methyl sites for hydroxylation is 1. The van der Waals surface area contributed by atoms with E-state index in [2.05, 4.69) is 34.1 Å². The predicted molar refractivity (Wildman–Crippen MR) is 145 cm³/mol.